The number of thiazole rings is 1. The van der Waals surface area contributed by atoms with Crippen molar-refractivity contribution in [1.29, 1.82) is 0 Å². The Morgan fingerprint density at radius 1 is 1.08 bits per heavy atom. The van der Waals surface area contributed by atoms with Crippen LogP contribution in [-0.4, -0.2) is 19.9 Å². The van der Waals surface area contributed by atoms with Crippen molar-refractivity contribution < 1.29 is 0 Å². The van der Waals surface area contributed by atoms with E-state index in [0.717, 1.165) is 43.6 Å². The quantitative estimate of drug-likeness (QED) is 0.461. The van der Waals surface area contributed by atoms with E-state index in [1.54, 1.807) is 11.3 Å². The molecule has 3 aromatic heterocycles. The second-order valence-electron chi connectivity index (χ2n) is 6.13. The van der Waals surface area contributed by atoms with Crippen LogP contribution in [-0.2, 0) is 0 Å². The number of nitrogens with one attached hydrogen (secondary N) is 2. The first kappa shape index (κ1) is 15.0. The maximum absolute atomic E-state index is 4.79. The summed E-state index contributed by atoms with van der Waals surface area (Å²) < 4.78 is 1.14. The molecule has 5 rings (SSSR count). The van der Waals surface area contributed by atoms with Crippen LogP contribution in [0.15, 0.2) is 60.4 Å². The molecule has 126 valence electrons. The van der Waals surface area contributed by atoms with E-state index in [1.165, 1.54) is 0 Å². The molecule has 5 nitrogen and oxygen atoms in total. The Morgan fingerprint density at radius 2 is 2.04 bits per heavy atom. The van der Waals surface area contributed by atoms with Crippen molar-refractivity contribution >= 4 is 44.1 Å². The number of nitrogens with zero attached hydrogens (tertiary/aromatic N) is 3. The van der Waals surface area contributed by atoms with Crippen LogP contribution < -0.4 is 5.32 Å². The van der Waals surface area contributed by atoms with E-state index in [2.05, 4.69) is 44.5 Å². The zero-order valence-corrected chi connectivity index (χ0v) is 14.8. The fraction of sp³-hybridized carbons (Fsp3) is 0.0500. The van der Waals surface area contributed by atoms with Gasteiger partial charge >= 0.3 is 0 Å². The second kappa shape index (κ2) is 5.93. The van der Waals surface area contributed by atoms with E-state index in [-0.39, 0.29) is 0 Å². The number of anilines is 2. The Bertz CT molecular complexity index is 1240. The van der Waals surface area contributed by atoms with Crippen LogP contribution >= 0.6 is 11.3 Å². The summed E-state index contributed by atoms with van der Waals surface area (Å²) in [6, 6.07) is 14.4. The van der Waals surface area contributed by atoms with Crippen molar-refractivity contribution in [2.75, 3.05) is 5.32 Å². The van der Waals surface area contributed by atoms with E-state index in [1.807, 2.05) is 43.0 Å². The molecule has 6 heteroatoms. The molecular weight excluding hydrogens is 342 g/mol. The molecule has 0 spiro atoms. The average Bonchev–Trinajstić information content (AvgIpc) is 3.31. The lowest BCUT2D eigenvalue weighted by Crippen LogP contribution is -2.00. The Hall–Kier alpha value is -3.25. The minimum atomic E-state index is 0.585. The molecule has 0 saturated heterocycles. The molecule has 0 amide bonds. The summed E-state index contributed by atoms with van der Waals surface area (Å²) in [7, 11) is 0. The Kier molecular flexibility index (Phi) is 3.43. The third kappa shape index (κ3) is 2.51. The van der Waals surface area contributed by atoms with Gasteiger partial charge in [-0.3, -0.25) is 0 Å². The first-order valence-electron chi connectivity index (χ1n) is 8.28. The van der Waals surface area contributed by atoms with Gasteiger partial charge in [0.15, 0.2) is 0 Å². The van der Waals surface area contributed by atoms with Gasteiger partial charge in [-0.25, -0.2) is 15.0 Å². The van der Waals surface area contributed by atoms with Crippen LogP contribution in [0.1, 0.15) is 5.56 Å². The molecule has 0 bridgehead atoms. The van der Waals surface area contributed by atoms with E-state index >= 15 is 0 Å². The fourth-order valence-corrected chi connectivity index (χ4v) is 3.85. The lowest BCUT2D eigenvalue weighted by atomic mass is 10.0. The summed E-state index contributed by atoms with van der Waals surface area (Å²) >= 11 is 1.62. The van der Waals surface area contributed by atoms with Crippen molar-refractivity contribution in [3.05, 3.63) is 65.9 Å². The van der Waals surface area contributed by atoms with Crippen LogP contribution in [0.3, 0.4) is 0 Å². The topological polar surface area (TPSA) is 66.5 Å². The van der Waals surface area contributed by atoms with Crippen molar-refractivity contribution in [2.45, 2.75) is 6.92 Å². The molecule has 0 radical (unpaired) electrons. The Labute approximate surface area is 153 Å². The minimum Gasteiger partial charge on any atom is -0.361 e. The van der Waals surface area contributed by atoms with Crippen molar-refractivity contribution in [3.63, 3.8) is 0 Å². The highest BCUT2D eigenvalue weighted by molar-refractivity contribution is 7.16. The zero-order valence-electron chi connectivity index (χ0n) is 14.0. The predicted octanol–water partition coefficient (Wildman–Crippen LogP) is 5.29. The molecule has 2 N–H and O–H groups in total. The molecule has 0 saturated carbocycles. The summed E-state index contributed by atoms with van der Waals surface area (Å²) in [4.78, 5) is 16.8. The highest BCUT2D eigenvalue weighted by Gasteiger charge is 2.11. The number of aromatic amines is 1. The maximum atomic E-state index is 4.79. The number of rotatable bonds is 3. The van der Waals surface area contributed by atoms with Gasteiger partial charge in [-0.2, -0.15) is 0 Å². The zero-order chi connectivity index (χ0) is 17.5. The van der Waals surface area contributed by atoms with Gasteiger partial charge in [-0.15, -0.1) is 11.3 Å². The van der Waals surface area contributed by atoms with Crippen LogP contribution in [0.5, 0.6) is 0 Å². The maximum Gasteiger partial charge on any atom is 0.227 e. The molecule has 2 aromatic carbocycles. The van der Waals surface area contributed by atoms with Gasteiger partial charge in [-0.05, 0) is 42.8 Å². The van der Waals surface area contributed by atoms with Gasteiger partial charge in [0.05, 0.1) is 21.4 Å². The van der Waals surface area contributed by atoms with E-state index in [4.69, 9.17) is 4.98 Å². The molecule has 0 atom stereocenters. The van der Waals surface area contributed by atoms with E-state index in [9.17, 15) is 0 Å². The average molecular weight is 357 g/mol. The van der Waals surface area contributed by atoms with Crippen molar-refractivity contribution in [2.24, 2.45) is 0 Å². The molecule has 5 aromatic rings. The Balaban J connectivity index is 1.57. The largest absolute Gasteiger partial charge is 0.361 e. The van der Waals surface area contributed by atoms with Crippen LogP contribution in [0.4, 0.5) is 11.6 Å². The van der Waals surface area contributed by atoms with Gasteiger partial charge in [0.2, 0.25) is 5.95 Å². The summed E-state index contributed by atoms with van der Waals surface area (Å²) in [5.41, 5.74) is 8.00. The molecule has 3 heterocycles. The van der Waals surface area contributed by atoms with Crippen molar-refractivity contribution in [3.8, 4) is 11.3 Å². The predicted molar refractivity (Wildman–Crippen MR) is 107 cm³/mol. The highest BCUT2D eigenvalue weighted by atomic mass is 32.1. The SMILES string of the molecule is Cc1cnc(Nc2ccc3ncsc3c2)nc1-c1cccc2[nH]ccc12. The summed E-state index contributed by atoms with van der Waals surface area (Å²) in [6.45, 7) is 2.04. The fourth-order valence-electron chi connectivity index (χ4n) is 3.13. The first-order chi connectivity index (χ1) is 12.8. The van der Waals surface area contributed by atoms with Crippen LogP contribution in [0.25, 0.3) is 32.4 Å². The minimum absolute atomic E-state index is 0.585. The molecule has 0 aliphatic carbocycles. The number of fused-ring (bicyclic) bond motifs is 2. The lowest BCUT2D eigenvalue weighted by Gasteiger charge is -2.10. The number of H-pyrrole nitrogens is 1. The summed E-state index contributed by atoms with van der Waals surface area (Å²) in [5.74, 6) is 0.585. The van der Waals surface area contributed by atoms with Crippen LogP contribution in [0.2, 0.25) is 0 Å². The van der Waals surface area contributed by atoms with E-state index in [0.29, 0.717) is 5.95 Å². The Morgan fingerprint density at radius 3 is 3.00 bits per heavy atom. The number of hydrogen-bond donors (Lipinski definition) is 2. The molecular formula is C20H15N5S. The third-order valence-electron chi connectivity index (χ3n) is 4.41. The standard InChI is InChI=1S/C20H15N5S/c1-12-10-22-20(24-13-5-6-17-18(9-13)26-11-23-17)25-19(12)15-3-2-4-16-14(15)7-8-21-16/h2-11,21H,1H3,(H,22,24,25). The molecule has 0 aliphatic heterocycles. The highest BCUT2D eigenvalue weighted by Crippen LogP contribution is 2.30. The third-order valence-corrected chi connectivity index (χ3v) is 5.20. The second-order valence-corrected chi connectivity index (χ2v) is 7.02. The molecule has 0 aliphatic rings. The summed E-state index contributed by atoms with van der Waals surface area (Å²) in [6.07, 6.45) is 3.81. The monoisotopic (exact) mass is 357 g/mol. The van der Waals surface area contributed by atoms with Gasteiger partial charge in [-0.1, -0.05) is 12.1 Å². The smallest absolute Gasteiger partial charge is 0.227 e. The normalized spacial score (nSPS) is 11.3. The molecule has 26 heavy (non-hydrogen) atoms. The number of aryl methyl sites for hydroxylation is 1. The van der Waals surface area contributed by atoms with Crippen LogP contribution in [0, 0.1) is 6.92 Å². The lowest BCUT2D eigenvalue weighted by molar-refractivity contribution is 1.14. The molecule has 0 unspecified atom stereocenters. The van der Waals surface area contributed by atoms with Crippen molar-refractivity contribution in [1.82, 2.24) is 19.9 Å². The van der Waals surface area contributed by atoms with Gasteiger partial charge in [0.1, 0.15) is 0 Å². The van der Waals surface area contributed by atoms with Gasteiger partial charge in [0.25, 0.3) is 0 Å². The molecule has 0 fully saturated rings. The van der Waals surface area contributed by atoms with Gasteiger partial charge in [0, 0.05) is 34.5 Å². The number of hydrogen-bond acceptors (Lipinski definition) is 5. The number of aromatic nitrogens is 4. The summed E-state index contributed by atoms with van der Waals surface area (Å²) in [5, 5.41) is 4.47. The first-order valence-corrected chi connectivity index (χ1v) is 9.16. The van der Waals surface area contributed by atoms with E-state index < -0.39 is 0 Å². The van der Waals surface area contributed by atoms with Gasteiger partial charge < -0.3 is 10.3 Å². The number of benzene rings is 2.